The smallest absolute Gasteiger partial charge is 0.257 e. The Bertz CT molecular complexity index is 1150. The predicted molar refractivity (Wildman–Crippen MR) is 114 cm³/mol. The maximum atomic E-state index is 12.5. The number of hydrogen-bond acceptors (Lipinski definition) is 6. The third-order valence-electron chi connectivity index (χ3n) is 4.33. The van der Waals surface area contributed by atoms with Crippen molar-refractivity contribution in [2.24, 2.45) is 0 Å². The number of amides is 2. The lowest BCUT2D eigenvalue weighted by Gasteiger charge is -2.04. The number of carbonyl (C=O) groups excluding carboxylic acids is 2. The number of nitrogens with one attached hydrogen (secondary N) is 2. The molecule has 0 saturated carbocycles. The van der Waals surface area contributed by atoms with Gasteiger partial charge in [0.1, 0.15) is 12.7 Å². The highest BCUT2D eigenvalue weighted by Gasteiger charge is 2.11. The van der Waals surface area contributed by atoms with Crippen molar-refractivity contribution in [3.8, 4) is 16.9 Å². The van der Waals surface area contributed by atoms with Crippen molar-refractivity contribution < 1.29 is 9.59 Å². The van der Waals surface area contributed by atoms with Gasteiger partial charge < -0.3 is 5.32 Å². The molecule has 2 N–H and O–H groups in total. The first kappa shape index (κ1) is 19.5. The summed E-state index contributed by atoms with van der Waals surface area (Å²) < 4.78 is 1.62. The average molecular weight is 418 g/mol. The van der Waals surface area contributed by atoms with Crippen molar-refractivity contribution in [1.29, 1.82) is 0 Å². The summed E-state index contributed by atoms with van der Waals surface area (Å²) in [6.45, 7) is 1.98. The first-order valence-electron chi connectivity index (χ1n) is 9.14. The van der Waals surface area contributed by atoms with E-state index in [1.807, 2.05) is 29.6 Å². The summed E-state index contributed by atoms with van der Waals surface area (Å²) in [4.78, 5) is 31.9. The second-order valence-corrected chi connectivity index (χ2v) is 7.34. The molecular formula is C21H18N6O2S. The number of thiazole rings is 1. The molecule has 0 unspecified atom stereocenters. The lowest BCUT2D eigenvalue weighted by molar-refractivity contribution is -0.119. The maximum Gasteiger partial charge on any atom is 0.257 e. The number of aromatic nitrogens is 4. The van der Waals surface area contributed by atoms with E-state index in [1.54, 1.807) is 35.3 Å². The van der Waals surface area contributed by atoms with E-state index in [1.165, 1.54) is 24.6 Å². The summed E-state index contributed by atoms with van der Waals surface area (Å²) in [5, 5.41) is 12.1. The Kier molecular flexibility index (Phi) is 5.62. The molecule has 0 atom stereocenters. The zero-order valence-electron chi connectivity index (χ0n) is 16.1. The van der Waals surface area contributed by atoms with Crippen LogP contribution in [-0.4, -0.2) is 31.6 Å². The summed E-state index contributed by atoms with van der Waals surface area (Å²) in [6, 6.07) is 14.8. The van der Waals surface area contributed by atoms with Crippen LogP contribution < -0.4 is 10.6 Å². The molecule has 0 radical (unpaired) electrons. The molecule has 150 valence electrons. The highest BCUT2D eigenvalue weighted by atomic mass is 32.1. The fraction of sp³-hybridized carbons (Fsp3) is 0.0952. The van der Waals surface area contributed by atoms with Gasteiger partial charge in [-0.2, -0.15) is 5.10 Å². The molecule has 2 aromatic heterocycles. The van der Waals surface area contributed by atoms with Gasteiger partial charge in [0.25, 0.3) is 5.91 Å². The van der Waals surface area contributed by atoms with E-state index in [0.717, 1.165) is 22.5 Å². The molecule has 0 aliphatic heterocycles. The number of nitrogens with zero attached hydrogens (tertiary/aromatic N) is 4. The van der Waals surface area contributed by atoms with E-state index in [9.17, 15) is 9.59 Å². The van der Waals surface area contributed by atoms with E-state index in [-0.39, 0.29) is 11.8 Å². The second kappa shape index (κ2) is 8.66. The molecule has 8 nitrogen and oxygen atoms in total. The fourth-order valence-electron chi connectivity index (χ4n) is 2.76. The SMILES string of the molecule is CC(=O)NCc1ccc(-c2csc(NC(=O)c3ccc(-n4cncn4)cc3)n2)cc1. The minimum absolute atomic E-state index is 0.0630. The van der Waals surface area contributed by atoms with Gasteiger partial charge in [0.05, 0.1) is 11.4 Å². The predicted octanol–water partition coefficient (Wildman–Crippen LogP) is 3.28. The van der Waals surface area contributed by atoms with Crippen LogP contribution in [0.5, 0.6) is 0 Å². The number of anilines is 1. The molecule has 0 spiro atoms. The molecule has 0 saturated heterocycles. The first-order valence-corrected chi connectivity index (χ1v) is 10.0. The van der Waals surface area contributed by atoms with E-state index in [0.29, 0.717) is 17.2 Å². The van der Waals surface area contributed by atoms with Crippen LogP contribution in [0.25, 0.3) is 16.9 Å². The Hall–Kier alpha value is -3.85. The molecule has 4 rings (SSSR count). The minimum Gasteiger partial charge on any atom is -0.352 e. The Labute approximate surface area is 176 Å². The van der Waals surface area contributed by atoms with Crippen LogP contribution in [-0.2, 0) is 11.3 Å². The van der Waals surface area contributed by atoms with Crippen LogP contribution in [0.2, 0.25) is 0 Å². The Morgan fingerprint density at radius 2 is 1.83 bits per heavy atom. The van der Waals surface area contributed by atoms with E-state index < -0.39 is 0 Å². The topological polar surface area (TPSA) is 102 Å². The van der Waals surface area contributed by atoms with E-state index >= 15 is 0 Å². The Morgan fingerprint density at radius 3 is 2.50 bits per heavy atom. The monoisotopic (exact) mass is 418 g/mol. The first-order chi connectivity index (χ1) is 14.6. The zero-order chi connectivity index (χ0) is 20.9. The maximum absolute atomic E-state index is 12.5. The Morgan fingerprint density at radius 1 is 1.07 bits per heavy atom. The summed E-state index contributed by atoms with van der Waals surface area (Å²) in [7, 11) is 0. The molecule has 2 aromatic carbocycles. The van der Waals surface area contributed by atoms with Crippen molar-refractivity contribution in [2.45, 2.75) is 13.5 Å². The third-order valence-corrected chi connectivity index (χ3v) is 5.09. The molecule has 0 aliphatic rings. The second-order valence-electron chi connectivity index (χ2n) is 6.49. The van der Waals surface area contributed by atoms with Crippen molar-refractivity contribution in [2.75, 3.05) is 5.32 Å². The molecule has 0 fully saturated rings. The van der Waals surface area contributed by atoms with Gasteiger partial charge in [0.15, 0.2) is 5.13 Å². The molecule has 2 heterocycles. The quantitative estimate of drug-likeness (QED) is 0.500. The molecular weight excluding hydrogens is 400 g/mol. The lowest BCUT2D eigenvalue weighted by Crippen LogP contribution is -2.18. The summed E-state index contributed by atoms with van der Waals surface area (Å²) >= 11 is 1.36. The van der Waals surface area contributed by atoms with E-state index in [4.69, 9.17) is 0 Å². The normalized spacial score (nSPS) is 10.6. The highest BCUT2D eigenvalue weighted by molar-refractivity contribution is 7.14. The largest absolute Gasteiger partial charge is 0.352 e. The average Bonchev–Trinajstić information content (AvgIpc) is 3.45. The molecule has 0 aliphatic carbocycles. The van der Waals surface area contributed by atoms with Crippen molar-refractivity contribution in [3.05, 3.63) is 77.7 Å². The summed E-state index contributed by atoms with van der Waals surface area (Å²) in [5.74, 6) is -0.293. The van der Waals surface area contributed by atoms with E-state index in [2.05, 4.69) is 25.7 Å². The number of carbonyl (C=O) groups is 2. The van der Waals surface area contributed by atoms with Crippen LogP contribution in [0.15, 0.2) is 66.6 Å². The summed E-state index contributed by atoms with van der Waals surface area (Å²) in [5.41, 5.74) is 4.07. The van der Waals surface area contributed by atoms with Crippen molar-refractivity contribution in [1.82, 2.24) is 25.1 Å². The van der Waals surface area contributed by atoms with Crippen LogP contribution in [0.1, 0.15) is 22.8 Å². The van der Waals surface area contributed by atoms with Crippen molar-refractivity contribution >= 4 is 28.3 Å². The van der Waals surface area contributed by atoms with Crippen LogP contribution in [0, 0.1) is 0 Å². The van der Waals surface area contributed by atoms with Gasteiger partial charge in [0, 0.05) is 30.0 Å². The van der Waals surface area contributed by atoms with Gasteiger partial charge >= 0.3 is 0 Å². The minimum atomic E-state index is -0.230. The van der Waals surface area contributed by atoms with Gasteiger partial charge in [-0.05, 0) is 29.8 Å². The highest BCUT2D eigenvalue weighted by Crippen LogP contribution is 2.25. The van der Waals surface area contributed by atoms with Gasteiger partial charge in [-0.15, -0.1) is 11.3 Å². The number of benzene rings is 2. The Balaban J connectivity index is 1.40. The number of rotatable bonds is 6. The molecule has 0 bridgehead atoms. The third kappa shape index (κ3) is 4.58. The molecule has 9 heteroatoms. The van der Waals surface area contributed by atoms with Gasteiger partial charge in [-0.25, -0.2) is 14.6 Å². The number of hydrogen-bond donors (Lipinski definition) is 2. The molecule has 4 aromatic rings. The van der Waals surface area contributed by atoms with Crippen LogP contribution in [0.3, 0.4) is 0 Å². The fourth-order valence-corrected chi connectivity index (χ4v) is 3.47. The standard InChI is InChI=1S/C21H18N6O2S/c1-14(28)23-10-15-2-4-16(5-3-15)19-11-30-21(25-19)26-20(29)17-6-8-18(9-7-17)27-13-22-12-24-27/h2-9,11-13H,10H2,1H3,(H,23,28)(H,25,26,29). The van der Waals surface area contributed by atoms with Crippen LogP contribution in [0.4, 0.5) is 5.13 Å². The molecule has 2 amide bonds. The van der Waals surface area contributed by atoms with Crippen molar-refractivity contribution in [3.63, 3.8) is 0 Å². The summed E-state index contributed by atoms with van der Waals surface area (Å²) in [6.07, 6.45) is 3.05. The van der Waals surface area contributed by atoms with Crippen LogP contribution >= 0.6 is 11.3 Å². The van der Waals surface area contributed by atoms with Gasteiger partial charge in [0.2, 0.25) is 5.91 Å². The van der Waals surface area contributed by atoms with Gasteiger partial charge in [-0.3, -0.25) is 14.9 Å². The zero-order valence-corrected chi connectivity index (χ0v) is 16.9. The molecule has 30 heavy (non-hydrogen) atoms. The van der Waals surface area contributed by atoms with Gasteiger partial charge in [-0.1, -0.05) is 24.3 Å². The lowest BCUT2D eigenvalue weighted by atomic mass is 10.1.